The molecule has 1 aliphatic rings. The summed E-state index contributed by atoms with van der Waals surface area (Å²) < 4.78 is 12.8. The molecule has 5 nitrogen and oxygen atoms in total. The van der Waals surface area contributed by atoms with Gasteiger partial charge < -0.3 is 9.47 Å². The molecule has 1 aromatic heterocycles. The number of benzene rings is 2. The Morgan fingerprint density at radius 2 is 1.89 bits per heavy atom. The minimum atomic E-state index is -0.135. The maximum Gasteiger partial charge on any atom is 0.287 e. The van der Waals surface area contributed by atoms with Gasteiger partial charge in [0.2, 0.25) is 0 Å². The first-order valence-electron chi connectivity index (χ1n) is 8.78. The Morgan fingerprint density at radius 1 is 1.07 bits per heavy atom. The molecule has 0 bridgehead atoms. The van der Waals surface area contributed by atoms with Crippen molar-refractivity contribution in [3.05, 3.63) is 75.8 Å². The van der Waals surface area contributed by atoms with Crippen LogP contribution >= 0.6 is 11.8 Å². The van der Waals surface area contributed by atoms with Crippen LogP contribution in [0.3, 0.4) is 0 Å². The van der Waals surface area contributed by atoms with E-state index in [0.29, 0.717) is 35.5 Å². The largest absolute Gasteiger partial charge is 0.486 e. The van der Waals surface area contributed by atoms with Gasteiger partial charge in [-0.3, -0.25) is 9.36 Å². The zero-order valence-electron chi connectivity index (χ0n) is 15.3. The predicted molar refractivity (Wildman–Crippen MR) is 106 cm³/mol. The van der Waals surface area contributed by atoms with Crippen molar-refractivity contribution >= 4 is 11.8 Å². The van der Waals surface area contributed by atoms with Gasteiger partial charge in [0.1, 0.15) is 13.2 Å². The number of aryl methyl sites for hydroxylation is 2. The summed E-state index contributed by atoms with van der Waals surface area (Å²) in [7, 11) is 0. The third-order valence-corrected chi connectivity index (χ3v) is 5.49. The van der Waals surface area contributed by atoms with Gasteiger partial charge in [-0.2, -0.15) is 0 Å². The van der Waals surface area contributed by atoms with Crippen molar-refractivity contribution in [3.8, 4) is 17.2 Å². The zero-order chi connectivity index (χ0) is 18.8. The molecule has 2 heterocycles. The highest BCUT2D eigenvalue weighted by Crippen LogP contribution is 2.31. The van der Waals surface area contributed by atoms with Crippen LogP contribution in [0.5, 0.6) is 11.5 Å². The number of nitrogens with zero attached hydrogens (tertiary/aromatic N) is 2. The van der Waals surface area contributed by atoms with Crippen LogP contribution in [0.25, 0.3) is 5.69 Å². The Kier molecular flexibility index (Phi) is 4.90. The Labute approximate surface area is 162 Å². The van der Waals surface area contributed by atoms with Crippen molar-refractivity contribution in [2.75, 3.05) is 13.2 Å². The number of ether oxygens (including phenoxy) is 2. The summed E-state index contributed by atoms with van der Waals surface area (Å²) >= 11 is 1.46. The first kappa shape index (κ1) is 17.7. The Balaban J connectivity index is 1.61. The molecule has 0 amide bonds. The third-order valence-electron chi connectivity index (χ3n) is 4.48. The van der Waals surface area contributed by atoms with E-state index in [1.54, 1.807) is 17.0 Å². The normalized spacial score (nSPS) is 12.8. The SMILES string of the molecule is Cc1ccc(C)c(CSc2nccn(-c3ccc4c(c3)OCCO4)c2=O)c1. The number of aromatic nitrogens is 2. The van der Waals surface area contributed by atoms with E-state index in [1.807, 2.05) is 18.2 Å². The first-order chi connectivity index (χ1) is 13.1. The molecule has 0 fully saturated rings. The molecule has 2 aromatic carbocycles. The lowest BCUT2D eigenvalue weighted by molar-refractivity contribution is 0.171. The van der Waals surface area contributed by atoms with E-state index in [-0.39, 0.29) is 5.56 Å². The molecule has 4 rings (SSSR count). The van der Waals surface area contributed by atoms with E-state index in [2.05, 4.69) is 37.0 Å². The first-order valence-corrected chi connectivity index (χ1v) is 9.77. The standard InChI is InChI=1S/C21H20N2O3S/c1-14-3-4-15(2)16(11-14)13-27-20-21(24)23(8-7-22-20)17-5-6-18-19(12-17)26-10-9-25-18/h3-8,11-12H,9-10,13H2,1-2H3. The van der Waals surface area contributed by atoms with E-state index < -0.39 is 0 Å². The van der Waals surface area contributed by atoms with E-state index >= 15 is 0 Å². The van der Waals surface area contributed by atoms with Crippen molar-refractivity contribution in [2.45, 2.75) is 24.6 Å². The number of rotatable bonds is 4. The zero-order valence-corrected chi connectivity index (χ0v) is 16.1. The number of fused-ring (bicyclic) bond motifs is 1. The highest BCUT2D eigenvalue weighted by atomic mass is 32.2. The predicted octanol–water partition coefficient (Wildman–Crippen LogP) is 3.91. The van der Waals surface area contributed by atoms with Crippen LogP contribution < -0.4 is 15.0 Å². The fraction of sp³-hybridized carbons (Fsp3) is 0.238. The second-order valence-corrected chi connectivity index (χ2v) is 7.42. The van der Waals surface area contributed by atoms with Crippen molar-refractivity contribution in [1.29, 1.82) is 0 Å². The summed E-state index contributed by atoms with van der Waals surface area (Å²) in [6, 6.07) is 11.9. The molecule has 0 radical (unpaired) electrons. The molecule has 0 saturated heterocycles. The Hall–Kier alpha value is -2.73. The van der Waals surface area contributed by atoms with Crippen LogP contribution in [0.1, 0.15) is 16.7 Å². The van der Waals surface area contributed by atoms with Crippen LogP contribution in [0.2, 0.25) is 0 Å². The van der Waals surface area contributed by atoms with Gasteiger partial charge >= 0.3 is 0 Å². The monoisotopic (exact) mass is 380 g/mol. The van der Waals surface area contributed by atoms with Crippen molar-refractivity contribution < 1.29 is 9.47 Å². The summed E-state index contributed by atoms with van der Waals surface area (Å²) in [4.78, 5) is 17.2. The third kappa shape index (κ3) is 3.71. The van der Waals surface area contributed by atoms with Gasteiger partial charge in [0.15, 0.2) is 16.5 Å². The minimum absolute atomic E-state index is 0.135. The van der Waals surface area contributed by atoms with Crippen molar-refractivity contribution in [1.82, 2.24) is 9.55 Å². The van der Waals surface area contributed by atoms with Crippen LogP contribution in [0.4, 0.5) is 0 Å². The molecule has 0 atom stereocenters. The summed E-state index contributed by atoms with van der Waals surface area (Å²) in [5.41, 5.74) is 4.25. The average molecular weight is 380 g/mol. The van der Waals surface area contributed by atoms with E-state index in [9.17, 15) is 4.79 Å². The van der Waals surface area contributed by atoms with Gasteiger partial charge in [0.25, 0.3) is 5.56 Å². The molecule has 0 N–H and O–H groups in total. The van der Waals surface area contributed by atoms with E-state index in [0.717, 1.165) is 5.69 Å². The molecule has 138 valence electrons. The smallest absolute Gasteiger partial charge is 0.287 e. The highest BCUT2D eigenvalue weighted by molar-refractivity contribution is 7.98. The quantitative estimate of drug-likeness (QED) is 0.642. The minimum Gasteiger partial charge on any atom is -0.486 e. The van der Waals surface area contributed by atoms with Gasteiger partial charge in [-0.1, -0.05) is 35.5 Å². The number of thioether (sulfide) groups is 1. The Morgan fingerprint density at radius 3 is 2.74 bits per heavy atom. The summed E-state index contributed by atoms with van der Waals surface area (Å²) in [6.07, 6.45) is 3.33. The molecular weight excluding hydrogens is 360 g/mol. The lowest BCUT2D eigenvalue weighted by atomic mass is 10.1. The van der Waals surface area contributed by atoms with Gasteiger partial charge in [-0.05, 0) is 37.1 Å². The van der Waals surface area contributed by atoms with Crippen molar-refractivity contribution in [2.24, 2.45) is 0 Å². The molecule has 27 heavy (non-hydrogen) atoms. The summed E-state index contributed by atoms with van der Waals surface area (Å²) in [5.74, 6) is 2.07. The topological polar surface area (TPSA) is 53.4 Å². The van der Waals surface area contributed by atoms with Crippen LogP contribution in [-0.2, 0) is 5.75 Å². The van der Waals surface area contributed by atoms with Crippen LogP contribution in [-0.4, -0.2) is 22.8 Å². The lowest BCUT2D eigenvalue weighted by Crippen LogP contribution is -2.21. The fourth-order valence-corrected chi connectivity index (χ4v) is 3.94. The van der Waals surface area contributed by atoms with E-state index in [4.69, 9.17) is 9.47 Å². The van der Waals surface area contributed by atoms with Crippen molar-refractivity contribution in [3.63, 3.8) is 0 Å². The molecule has 0 spiro atoms. The highest BCUT2D eigenvalue weighted by Gasteiger charge is 2.14. The molecule has 6 heteroatoms. The summed E-state index contributed by atoms with van der Waals surface area (Å²) in [5, 5.41) is 0.480. The molecule has 0 saturated carbocycles. The fourth-order valence-electron chi connectivity index (χ4n) is 2.98. The van der Waals surface area contributed by atoms with Gasteiger partial charge in [-0.25, -0.2) is 4.98 Å². The molecule has 3 aromatic rings. The van der Waals surface area contributed by atoms with E-state index in [1.165, 1.54) is 28.5 Å². The molecule has 1 aliphatic heterocycles. The lowest BCUT2D eigenvalue weighted by Gasteiger charge is -2.19. The molecule has 0 unspecified atom stereocenters. The maximum absolute atomic E-state index is 12.9. The molecule has 0 aliphatic carbocycles. The van der Waals surface area contributed by atoms with Crippen LogP contribution in [0.15, 0.2) is 58.6 Å². The van der Waals surface area contributed by atoms with Crippen LogP contribution in [0, 0.1) is 13.8 Å². The van der Waals surface area contributed by atoms with Gasteiger partial charge in [0, 0.05) is 24.2 Å². The van der Waals surface area contributed by atoms with Gasteiger partial charge in [0.05, 0.1) is 5.69 Å². The summed E-state index contributed by atoms with van der Waals surface area (Å²) in [6.45, 7) is 5.21. The number of hydrogen-bond acceptors (Lipinski definition) is 5. The average Bonchev–Trinajstić information content (AvgIpc) is 2.69. The van der Waals surface area contributed by atoms with Gasteiger partial charge in [-0.15, -0.1) is 0 Å². The number of hydrogen-bond donors (Lipinski definition) is 0. The molecular formula is C21H20N2O3S. The Bertz CT molecular complexity index is 1050. The second kappa shape index (κ2) is 7.48. The second-order valence-electron chi connectivity index (χ2n) is 6.45. The maximum atomic E-state index is 12.9.